The van der Waals surface area contributed by atoms with Gasteiger partial charge in [0.2, 0.25) is 0 Å². The first-order valence-corrected chi connectivity index (χ1v) is 17.1. The topological polar surface area (TPSA) is 45.2 Å². The van der Waals surface area contributed by atoms with Gasteiger partial charge in [-0.25, -0.2) is 9.69 Å². The van der Waals surface area contributed by atoms with Crippen molar-refractivity contribution in [2.75, 3.05) is 40.9 Å². The quantitative estimate of drug-likeness (QED) is 0.142. The van der Waals surface area contributed by atoms with Gasteiger partial charge in [0, 0.05) is 55.6 Å². The minimum atomic E-state index is -0.478. The molecule has 1 amide bonds. The Labute approximate surface area is 285 Å². The number of aryl methyl sites for hydroxylation is 2. The first kappa shape index (κ1) is 32.7. The Bertz CT molecular complexity index is 1760. The molecule has 6 nitrogen and oxygen atoms in total. The summed E-state index contributed by atoms with van der Waals surface area (Å²) < 4.78 is 12.9. The van der Waals surface area contributed by atoms with Crippen LogP contribution in [0.3, 0.4) is 0 Å². The molecule has 1 aliphatic rings. The number of hydrogen-bond acceptors (Lipinski definition) is 5. The molecule has 0 N–H and O–H groups in total. The lowest BCUT2D eigenvalue weighted by Gasteiger charge is -2.33. The van der Waals surface area contributed by atoms with E-state index in [0.29, 0.717) is 28.6 Å². The van der Waals surface area contributed by atoms with Crippen molar-refractivity contribution in [1.82, 2.24) is 0 Å². The molecule has 6 rings (SSSR count). The third kappa shape index (κ3) is 6.35. The maximum absolute atomic E-state index is 14.3. The smallest absolute Gasteiger partial charge is 0.424 e. The number of fused-ring (bicyclic) bond motifs is 2. The number of amides is 1. The molecule has 246 valence electrons. The summed E-state index contributed by atoms with van der Waals surface area (Å²) in [4.78, 5) is 20.5. The molecule has 1 aliphatic heterocycles. The molecule has 0 saturated heterocycles. The Balaban J connectivity index is 1.39. The summed E-state index contributed by atoms with van der Waals surface area (Å²) in [6.45, 7) is 16.0. The summed E-state index contributed by atoms with van der Waals surface area (Å²) in [7, 11) is 0. The fourth-order valence-electron chi connectivity index (χ4n) is 6.87. The molecular weight excluding hydrogens is 594 g/mol. The fourth-order valence-corrected chi connectivity index (χ4v) is 6.87. The van der Waals surface area contributed by atoms with Crippen molar-refractivity contribution in [2.45, 2.75) is 47.5 Å². The lowest BCUT2D eigenvalue weighted by atomic mass is 9.84. The van der Waals surface area contributed by atoms with Gasteiger partial charge in [-0.1, -0.05) is 72.8 Å². The van der Waals surface area contributed by atoms with Gasteiger partial charge in [-0.2, -0.15) is 0 Å². The van der Waals surface area contributed by atoms with Crippen LogP contribution in [0, 0.1) is 13.8 Å². The maximum atomic E-state index is 14.3. The van der Waals surface area contributed by atoms with Crippen molar-refractivity contribution < 1.29 is 14.3 Å². The van der Waals surface area contributed by atoms with Crippen LogP contribution in [0.15, 0.2) is 109 Å². The lowest BCUT2D eigenvalue weighted by molar-refractivity contribution is 0.209. The number of anilines is 4. The maximum Gasteiger partial charge on any atom is 0.424 e. The van der Waals surface area contributed by atoms with Gasteiger partial charge >= 0.3 is 6.09 Å². The van der Waals surface area contributed by atoms with Crippen LogP contribution in [0.25, 0.3) is 0 Å². The molecule has 0 radical (unpaired) electrons. The minimum Gasteiger partial charge on any atom is -0.453 e. The highest BCUT2D eigenvalue weighted by molar-refractivity contribution is 6.02. The van der Waals surface area contributed by atoms with Crippen LogP contribution in [0.5, 0.6) is 17.2 Å². The number of benzene rings is 5. The summed E-state index contributed by atoms with van der Waals surface area (Å²) in [6, 6.07) is 37.4. The first-order valence-electron chi connectivity index (χ1n) is 17.1. The van der Waals surface area contributed by atoms with Gasteiger partial charge in [-0.3, -0.25) is 0 Å². The fraction of sp³-hybridized carbons (Fsp3) is 0.262. The summed E-state index contributed by atoms with van der Waals surface area (Å²) in [5.74, 6) is 1.86. The Morgan fingerprint density at radius 1 is 0.625 bits per heavy atom. The number of ether oxygens (including phenoxy) is 2. The van der Waals surface area contributed by atoms with E-state index in [1.807, 2.05) is 62.4 Å². The van der Waals surface area contributed by atoms with Gasteiger partial charge < -0.3 is 19.3 Å². The van der Waals surface area contributed by atoms with E-state index in [2.05, 4.69) is 98.2 Å². The summed E-state index contributed by atoms with van der Waals surface area (Å²) in [5.41, 5.74) is 8.77. The average Bonchev–Trinajstić information content (AvgIpc) is 3.10. The zero-order chi connectivity index (χ0) is 33.8. The molecule has 5 aromatic carbocycles. The van der Waals surface area contributed by atoms with Crippen LogP contribution in [0.2, 0.25) is 0 Å². The Kier molecular flexibility index (Phi) is 9.72. The van der Waals surface area contributed by atoms with Crippen LogP contribution >= 0.6 is 0 Å². The van der Waals surface area contributed by atoms with E-state index in [9.17, 15) is 4.79 Å². The van der Waals surface area contributed by atoms with E-state index in [4.69, 9.17) is 9.47 Å². The number of rotatable bonds is 10. The molecule has 0 spiro atoms. The Morgan fingerprint density at radius 2 is 1.06 bits per heavy atom. The van der Waals surface area contributed by atoms with Gasteiger partial charge in [0.15, 0.2) is 11.5 Å². The highest BCUT2D eigenvalue weighted by Gasteiger charge is 2.33. The van der Waals surface area contributed by atoms with Gasteiger partial charge in [0.1, 0.15) is 5.75 Å². The van der Waals surface area contributed by atoms with E-state index in [0.717, 1.165) is 54.2 Å². The van der Waals surface area contributed by atoms with Crippen LogP contribution in [-0.4, -0.2) is 32.3 Å². The number of hydrogen-bond donors (Lipinski definition) is 0. The van der Waals surface area contributed by atoms with Crippen molar-refractivity contribution in [2.24, 2.45) is 0 Å². The summed E-state index contributed by atoms with van der Waals surface area (Å²) >= 11 is 0. The second-order valence-electron chi connectivity index (χ2n) is 12.2. The van der Waals surface area contributed by atoms with E-state index in [1.54, 1.807) is 4.90 Å². The summed E-state index contributed by atoms with van der Waals surface area (Å²) in [5, 5.41) is 0. The first-order chi connectivity index (χ1) is 23.4. The highest BCUT2D eigenvalue weighted by atomic mass is 16.6. The van der Waals surface area contributed by atoms with Gasteiger partial charge in [-0.15, -0.1) is 0 Å². The number of carbonyl (C=O) groups excluding carboxylic acids is 1. The predicted molar refractivity (Wildman–Crippen MR) is 198 cm³/mol. The number of carbonyl (C=O) groups is 1. The molecule has 0 aromatic heterocycles. The molecule has 5 aromatic rings. The Morgan fingerprint density at radius 3 is 1.48 bits per heavy atom. The van der Waals surface area contributed by atoms with E-state index in [-0.39, 0.29) is 5.92 Å². The third-order valence-electron chi connectivity index (χ3n) is 9.30. The monoisotopic (exact) mass is 639 g/mol. The molecule has 0 fully saturated rings. The second-order valence-corrected chi connectivity index (χ2v) is 12.2. The SMILES string of the molecule is CCN(CC)c1ccc2c(c1)Oc1cc(N(CC)CC)ccc1N2C(=O)Oc1c(C)cc(C(c2ccccc2)c2ccccc2)cc1C. The van der Waals surface area contributed by atoms with E-state index in [1.165, 1.54) is 11.1 Å². The van der Waals surface area contributed by atoms with Crippen LogP contribution in [-0.2, 0) is 0 Å². The zero-order valence-corrected chi connectivity index (χ0v) is 28.9. The molecule has 0 saturated carbocycles. The molecular formula is C42H45N3O3. The van der Waals surface area contributed by atoms with Gasteiger partial charge in [-0.05, 0) is 93.6 Å². The minimum absolute atomic E-state index is 0.0487. The lowest BCUT2D eigenvalue weighted by Crippen LogP contribution is -2.32. The molecule has 6 heteroatoms. The molecule has 0 unspecified atom stereocenters. The number of nitrogens with zero attached hydrogens (tertiary/aromatic N) is 3. The normalized spacial score (nSPS) is 11.9. The third-order valence-corrected chi connectivity index (χ3v) is 9.30. The molecule has 0 atom stereocenters. The van der Waals surface area contributed by atoms with Crippen molar-refractivity contribution in [1.29, 1.82) is 0 Å². The van der Waals surface area contributed by atoms with Crippen molar-refractivity contribution >= 4 is 28.8 Å². The van der Waals surface area contributed by atoms with Crippen LogP contribution in [0.1, 0.15) is 61.4 Å². The molecule has 48 heavy (non-hydrogen) atoms. The van der Waals surface area contributed by atoms with Crippen LogP contribution in [0.4, 0.5) is 27.5 Å². The largest absolute Gasteiger partial charge is 0.453 e. The van der Waals surface area contributed by atoms with Crippen LogP contribution < -0.4 is 24.2 Å². The van der Waals surface area contributed by atoms with Crippen molar-refractivity contribution in [3.05, 3.63) is 137 Å². The molecule has 1 heterocycles. The molecule has 0 bridgehead atoms. The van der Waals surface area contributed by atoms with E-state index < -0.39 is 6.09 Å². The second kappa shape index (κ2) is 14.3. The standard InChI is InChI=1S/C42H45N3O3/c1-7-43(8-2)34-21-23-36-38(27-34)47-39-28-35(44(9-3)10-4)22-24-37(39)45(36)42(46)48-41-29(5)25-33(26-30(41)6)40(31-17-13-11-14-18-31)32-19-15-12-16-20-32/h11-28,40H,7-10H2,1-6H3. The molecule has 0 aliphatic carbocycles. The average molecular weight is 640 g/mol. The summed E-state index contributed by atoms with van der Waals surface area (Å²) in [6.07, 6.45) is -0.478. The van der Waals surface area contributed by atoms with Gasteiger partial charge in [0.05, 0.1) is 11.4 Å². The highest BCUT2D eigenvalue weighted by Crippen LogP contribution is 2.49. The Hall–Kier alpha value is -5.23. The van der Waals surface area contributed by atoms with Crippen molar-refractivity contribution in [3.63, 3.8) is 0 Å². The van der Waals surface area contributed by atoms with Gasteiger partial charge in [0.25, 0.3) is 0 Å². The van der Waals surface area contributed by atoms with E-state index >= 15 is 0 Å². The zero-order valence-electron chi connectivity index (χ0n) is 28.9. The predicted octanol–water partition coefficient (Wildman–Crippen LogP) is 10.6. The van der Waals surface area contributed by atoms with Crippen molar-refractivity contribution in [3.8, 4) is 17.2 Å².